The summed E-state index contributed by atoms with van der Waals surface area (Å²) in [5.74, 6) is 4.46. The van der Waals surface area contributed by atoms with Crippen LogP contribution in [0.25, 0.3) is 0 Å². The number of hydrazine groups is 1. The van der Waals surface area contributed by atoms with E-state index in [2.05, 4.69) is 0 Å². The van der Waals surface area contributed by atoms with E-state index in [0.717, 1.165) is 16.3 Å². The van der Waals surface area contributed by atoms with Gasteiger partial charge in [0.25, 0.3) is 15.9 Å². The maximum atomic E-state index is 13.0. The quantitative estimate of drug-likeness (QED) is 0.442. The molecule has 25 heavy (non-hydrogen) atoms. The molecule has 0 aliphatic heterocycles. The molecule has 2 rings (SSSR count). The molecule has 3 N–H and O–H groups in total. The van der Waals surface area contributed by atoms with Crippen molar-refractivity contribution in [1.29, 1.82) is 0 Å². The Morgan fingerprint density at radius 1 is 1.12 bits per heavy atom. The van der Waals surface area contributed by atoms with E-state index < -0.39 is 22.5 Å². The smallest absolute Gasteiger partial charge is 0.264 e. The Labute approximate surface area is 156 Å². The summed E-state index contributed by atoms with van der Waals surface area (Å²) in [7, 11) is -4.04. The lowest BCUT2D eigenvalue weighted by Crippen LogP contribution is -2.43. The highest BCUT2D eigenvalue weighted by molar-refractivity contribution is 7.92. The van der Waals surface area contributed by atoms with Gasteiger partial charge in [-0.3, -0.25) is 14.5 Å². The number of nitrogens with two attached hydrogens (primary N) is 1. The van der Waals surface area contributed by atoms with E-state index in [9.17, 15) is 13.2 Å². The van der Waals surface area contributed by atoms with Crippen molar-refractivity contribution in [3.63, 3.8) is 0 Å². The summed E-state index contributed by atoms with van der Waals surface area (Å²) in [6, 6.07) is 10.8. The minimum atomic E-state index is -4.04. The molecule has 0 aromatic heterocycles. The van der Waals surface area contributed by atoms with Gasteiger partial charge >= 0.3 is 0 Å². The second kappa shape index (κ2) is 8.05. The largest absolute Gasteiger partial charge is 0.293 e. The van der Waals surface area contributed by atoms with E-state index in [4.69, 9.17) is 29.0 Å². The molecule has 0 atom stereocenters. The number of nitrogens with one attached hydrogen (secondary N) is 1. The van der Waals surface area contributed by atoms with Gasteiger partial charge in [-0.2, -0.15) is 0 Å². The summed E-state index contributed by atoms with van der Waals surface area (Å²) in [5.41, 5.74) is 3.32. The van der Waals surface area contributed by atoms with Crippen LogP contribution in [0.5, 0.6) is 0 Å². The number of hydrogen-bond acceptors (Lipinski definition) is 4. The van der Waals surface area contributed by atoms with Crippen molar-refractivity contribution in [3.05, 3.63) is 58.1 Å². The topological polar surface area (TPSA) is 92.5 Å². The standard InChI is InChI=1S/C16H17Cl2N3O3S/c1-2-11-3-5-12(6-4-11)21(10-16(22)20-19)25(23,24)13-7-8-14(17)15(18)9-13/h3-9H,2,10,19H2,1H3,(H,20,22). The first kappa shape index (κ1) is 19.5. The first-order valence-electron chi connectivity index (χ1n) is 7.35. The summed E-state index contributed by atoms with van der Waals surface area (Å²) in [6.45, 7) is 1.52. The number of aryl methyl sites for hydroxylation is 1. The average Bonchev–Trinajstić information content (AvgIpc) is 2.61. The van der Waals surface area contributed by atoms with Gasteiger partial charge in [0.1, 0.15) is 6.54 Å². The zero-order chi connectivity index (χ0) is 18.6. The van der Waals surface area contributed by atoms with Crippen molar-refractivity contribution in [2.24, 2.45) is 5.84 Å². The molecule has 2 aromatic carbocycles. The number of carbonyl (C=O) groups is 1. The maximum Gasteiger partial charge on any atom is 0.264 e. The van der Waals surface area contributed by atoms with Crippen molar-refractivity contribution >= 4 is 44.8 Å². The molecular formula is C16H17Cl2N3O3S. The van der Waals surface area contributed by atoms with Gasteiger partial charge in [-0.05, 0) is 42.3 Å². The van der Waals surface area contributed by atoms with Crippen LogP contribution in [0.15, 0.2) is 47.4 Å². The molecule has 0 heterocycles. The molecule has 0 unspecified atom stereocenters. The Bertz CT molecular complexity index is 871. The molecule has 134 valence electrons. The number of carbonyl (C=O) groups excluding carboxylic acids is 1. The third-order valence-corrected chi connectivity index (χ3v) is 6.07. The summed E-state index contributed by atoms with van der Waals surface area (Å²) in [4.78, 5) is 11.7. The Kier molecular flexibility index (Phi) is 6.29. The molecule has 0 radical (unpaired) electrons. The number of halogens is 2. The Hall–Kier alpha value is -1.80. The second-order valence-corrected chi connectivity index (χ2v) is 7.85. The van der Waals surface area contributed by atoms with Crippen LogP contribution in [0.3, 0.4) is 0 Å². The van der Waals surface area contributed by atoms with Crippen molar-refractivity contribution in [2.75, 3.05) is 10.8 Å². The molecule has 0 aliphatic rings. The molecule has 6 nitrogen and oxygen atoms in total. The molecule has 2 aromatic rings. The van der Waals surface area contributed by atoms with Crippen molar-refractivity contribution < 1.29 is 13.2 Å². The third kappa shape index (κ3) is 4.43. The Morgan fingerprint density at radius 2 is 1.76 bits per heavy atom. The van der Waals surface area contributed by atoms with E-state index in [-0.39, 0.29) is 14.9 Å². The van der Waals surface area contributed by atoms with E-state index in [1.54, 1.807) is 24.3 Å². The molecule has 0 bridgehead atoms. The van der Waals surface area contributed by atoms with E-state index in [0.29, 0.717) is 5.69 Å². The summed E-state index contributed by atoms with van der Waals surface area (Å²) >= 11 is 11.8. The number of sulfonamides is 1. The van der Waals surface area contributed by atoms with Gasteiger partial charge in [-0.15, -0.1) is 0 Å². The number of rotatable bonds is 6. The summed E-state index contributed by atoms with van der Waals surface area (Å²) in [6.07, 6.45) is 0.809. The van der Waals surface area contributed by atoms with Gasteiger partial charge in [0.15, 0.2) is 0 Å². The molecule has 0 aliphatic carbocycles. The molecule has 0 saturated carbocycles. The number of amides is 1. The Morgan fingerprint density at radius 3 is 2.28 bits per heavy atom. The lowest BCUT2D eigenvalue weighted by Gasteiger charge is -2.24. The van der Waals surface area contributed by atoms with Crippen LogP contribution >= 0.6 is 23.2 Å². The SMILES string of the molecule is CCc1ccc(N(CC(=O)NN)S(=O)(=O)c2ccc(Cl)c(Cl)c2)cc1. The molecule has 0 spiro atoms. The predicted octanol–water partition coefficient (Wildman–Crippen LogP) is 2.74. The fraction of sp³-hybridized carbons (Fsp3) is 0.188. The summed E-state index contributed by atoms with van der Waals surface area (Å²) in [5, 5.41) is 0.339. The number of nitrogens with zero attached hydrogens (tertiary/aromatic N) is 1. The van der Waals surface area contributed by atoms with Gasteiger partial charge in [0.2, 0.25) is 0 Å². The molecule has 9 heteroatoms. The zero-order valence-electron chi connectivity index (χ0n) is 13.4. The van der Waals surface area contributed by atoms with Gasteiger partial charge < -0.3 is 0 Å². The van der Waals surface area contributed by atoms with Crippen molar-refractivity contribution in [3.8, 4) is 0 Å². The highest BCUT2D eigenvalue weighted by atomic mass is 35.5. The zero-order valence-corrected chi connectivity index (χ0v) is 15.7. The van der Waals surface area contributed by atoms with E-state index in [1.807, 2.05) is 12.3 Å². The molecule has 0 saturated heterocycles. The van der Waals surface area contributed by atoms with Crippen LogP contribution in [0.2, 0.25) is 10.0 Å². The fourth-order valence-corrected chi connectivity index (χ4v) is 3.96. The lowest BCUT2D eigenvalue weighted by atomic mass is 10.1. The maximum absolute atomic E-state index is 13.0. The second-order valence-electron chi connectivity index (χ2n) is 5.18. The Balaban J connectivity index is 2.52. The fourth-order valence-electron chi connectivity index (χ4n) is 2.15. The van der Waals surface area contributed by atoms with Crippen molar-refractivity contribution in [2.45, 2.75) is 18.2 Å². The van der Waals surface area contributed by atoms with Gasteiger partial charge in [-0.25, -0.2) is 14.3 Å². The van der Waals surface area contributed by atoms with Crippen molar-refractivity contribution in [1.82, 2.24) is 5.43 Å². The average molecular weight is 402 g/mol. The van der Waals surface area contributed by atoms with E-state index in [1.165, 1.54) is 18.2 Å². The van der Waals surface area contributed by atoms with Gasteiger partial charge in [0, 0.05) is 0 Å². The van der Waals surface area contributed by atoms with Crippen LogP contribution in [0.4, 0.5) is 5.69 Å². The number of benzene rings is 2. The molecule has 1 amide bonds. The minimum Gasteiger partial charge on any atom is -0.293 e. The molecular weight excluding hydrogens is 385 g/mol. The van der Waals surface area contributed by atoms with Crippen LogP contribution < -0.4 is 15.6 Å². The molecule has 0 fully saturated rings. The van der Waals surface area contributed by atoms with Crippen LogP contribution in [0.1, 0.15) is 12.5 Å². The first-order chi connectivity index (χ1) is 11.8. The monoisotopic (exact) mass is 401 g/mol. The van der Waals surface area contributed by atoms with Gasteiger partial charge in [0.05, 0.1) is 20.6 Å². The van der Waals surface area contributed by atoms with Crippen LogP contribution in [-0.2, 0) is 21.2 Å². The predicted molar refractivity (Wildman–Crippen MR) is 99.1 cm³/mol. The number of hydrogen-bond donors (Lipinski definition) is 2. The normalized spacial score (nSPS) is 11.2. The number of anilines is 1. The van der Waals surface area contributed by atoms with Crippen LogP contribution in [0, 0.1) is 0 Å². The highest BCUT2D eigenvalue weighted by Crippen LogP contribution is 2.29. The van der Waals surface area contributed by atoms with Crippen LogP contribution in [-0.4, -0.2) is 20.9 Å². The van der Waals surface area contributed by atoms with Gasteiger partial charge in [-0.1, -0.05) is 42.3 Å². The third-order valence-electron chi connectivity index (χ3n) is 3.56. The first-order valence-corrected chi connectivity index (χ1v) is 9.55. The highest BCUT2D eigenvalue weighted by Gasteiger charge is 2.27. The van der Waals surface area contributed by atoms with E-state index >= 15 is 0 Å². The summed E-state index contributed by atoms with van der Waals surface area (Å²) < 4.78 is 27.0. The minimum absolute atomic E-state index is 0.0775. The lowest BCUT2D eigenvalue weighted by molar-refractivity contribution is -0.119.